The predicted octanol–water partition coefficient (Wildman–Crippen LogP) is 4.69. The second-order valence-corrected chi connectivity index (χ2v) is 7.36. The number of rotatable bonds is 5. The summed E-state index contributed by atoms with van der Waals surface area (Å²) in [5, 5.41) is 3.63. The summed E-state index contributed by atoms with van der Waals surface area (Å²) in [7, 11) is 0. The van der Waals surface area contributed by atoms with Crippen molar-refractivity contribution in [3.05, 3.63) is 83.3 Å². The van der Waals surface area contributed by atoms with Crippen LogP contribution in [0.4, 0.5) is 0 Å². The van der Waals surface area contributed by atoms with Crippen molar-refractivity contribution in [3.63, 3.8) is 0 Å². The largest absolute Gasteiger partial charge is 0.350 e. The van der Waals surface area contributed by atoms with Gasteiger partial charge in [0.25, 0.3) is 5.91 Å². The van der Waals surface area contributed by atoms with Crippen molar-refractivity contribution in [2.24, 2.45) is 0 Å². The zero-order valence-electron chi connectivity index (χ0n) is 13.9. The Labute approximate surface area is 160 Å². The van der Waals surface area contributed by atoms with E-state index >= 15 is 0 Å². The molecule has 2 aromatic heterocycles. The van der Waals surface area contributed by atoms with Crippen LogP contribution in [0.1, 0.15) is 16.1 Å². The normalized spacial score (nSPS) is 11.0. The van der Waals surface area contributed by atoms with E-state index in [-0.39, 0.29) is 5.91 Å². The third-order valence-electron chi connectivity index (χ3n) is 4.06. The Kier molecular flexibility index (Phi) is 4.73. The molecule has 130 valence electrons. The zero-order valence-corrected chi connectivity index (χ0v) is 15.4. The summed E-state index contributed by atoms with van der Waals surface area (Å²) in [5.41, 5.74) is 2.72. The molecule has 0 bridgehead atoms. The molecule has 4 aromatic rings. The van der Waals surface area contributed by atoms with Crippen LogP contribution in [-0.4, -0.2) is 21.8 Å². The summed E-state index contributed by atoms with van der Waals surface area (Å²) >= 11 is 7.44. The van der Waals surface area contributed by atoms with Gasteiger partial charge in [0.05, 0.1) is 4.88 Å². The van der Waals surface area contributed by atoms with Crippen molar-refractivity contribution in [3.8, 4) is 10.4 Å². The minimum atomic E-state index is -0.156. The van der Waals surface area contributed by atoms with E-state index in [0.717, 1.165) is 27.4 Å². The van der Waals surface area contributed by atoms with Crippen molar-refractivity contribution < 1.29 is 4.79 Å². The van der Waals surface area contributed by atoms with Gasteiger partial charge in [-0.3, -0.25) is 9.20 Å². The van der Waals surface area contributed by atoms with Gasteiger partial charge < -0.3 is 5.32 Å². The molecule has 0 aliphatic rings. The van der Waals surface area contributed by atoms with Gasteiger partial charge in [0.2, 0.25) is 0 Å². The fourth-order valence-corrected chi connectivity index (χ4v) is 3.80. The quantitative estimate of drug-likeness (QED) is 0.545. The van der Waals surface area contributed by atoms with E-state index in [0.29, 0.717) is 17.3 Å². The number of amides is 1. The molecular formula is C20H16ClN3OS. The van der Waals surface area contributed by atoms with E-state index in [9.17, 15) is 4.79 Å². The molecule has 0 aliphatic heterocycles. The van der Waals surface area contributed by atoms with E-state index in [2.05, 4.69) is 22.4 Å². The number of aromatic nitrogens is 2. The first-order chi connectivity index (χ1) is 12.7. The van der Waals surface area contributed by atoms with Gasteiger partial charge in [0.15, 0.2) is 4.96 Å². The fraction of sp³-hybridized carbons (Fsp3) is 0.100. The Hall–Kier alpha value is -2.63. The zero-order chi connectivity index (χ0) is 17.9. The first-order valence-electron chi connectivity index (χ1n) is 8.26. The molecule has 0 saturated carbocycles. The number of carbonyl (C=O) groups is 1. The van der Waals surface area contributed by atoms with Gasteiger partial charge in [-0.25, -0.2) is 4.98 Å². The first-order valence-corrected chi connectivity index (χ1v) is 9.45. The van der Waals surface area contributed by atoms with E-state index in [1.165, 1.54) is 0 Å². The lowest BCUT2D eigenvalue weighted by molar-refractivity contribution is 0.0950. The summed E-state index contributed by atoms with van der Waals surface area (Å²) in [6, 6.07) is 17.8. The first kappa shape index (κ1) is 16.8. The van der Waals surface area contributed by atoms with Crippen molar-refractivity contribution in [1.82, 2.24) is 14.7 Å². The monoisotopic (exact) mass is 381 g/mol. The molecule has 0 unspecified atom stereocenters. The molecular weight excluding hydrogens is 366 g/mol. The molecule has 4 nitrogen and oxygen atoms in total. The molecule has 0 spiro atoms. The Morgan fingerprint density at radius 3 is 2.58 bits per heavy atom. The molecule has 0 fully saturated rings. The second-order valence-electron chi connectivity index (χ2n) is 5.91. The molecule has 1 amide bonds. The highest BCUT2D eigenvalue weighted by Gasteiger charge is 2.13. The second kappa shape index (κ2) is 7.32. The van der Waals surface area contributed by atoms with E-state index in [4.69, 9.17) is 11.6 Å². The molecule has 26 heavy (non-hydrogen) atoms. The summed E-state index contributed by atoms with van der Waals surface area (Å²) in [4.78, 5) is 18.7. The smallest absolute Gasteiger partial charge is 0.271 e. The van der Waals surface area contributed by atoms with Gasteiger partial charge in [-0.05, 0) is 29.7 Å². The molecule has 2 heterocycles. The predicted molar refractivity (Wildman–Crippen MR) is 106 cm³/mol. The van der Waals surface area contributed by atoms with Crippen molar-refractivity contribution in [1.29, 1.82) is 0 Å². The van der Waals surface area contributed by atoms with Gasteiger partial charge in [-0.1, -0.05) is 65.4 Å². The van der Waals surface area contributed by atoms with Crippen molar-refractivity contribution in [2.75, 3.05) is 6.54 Å². The van der Waals surface area contributed by atoms with Crippen LogP contribution in [0.3, 0.4) is 0 Å². The molecule has 2 aromatic carbocycles. The van der Waals surface area contributed by atoms with Crippen LogP contribution in [0.5, 0.6) is 0 Å². The van der Waals surface area contributed by atoms with E-state index in [1.807, 2.05) is 53.1 Å². The molecule has 4 rings (SSSR count). The fourth-order valence-electron chi connectivity index (χ4n) is 2.70. The number of carbonyl (C=O) groups excluding carboxylic acids is 1. The Balaban J connectivity index is 1.41. The van der Waals surface area contributed by atoms with Gasteiger partial charge in [0, 0.05) is 24.0 Å². The van der Waals surface area contributed by atoms with Crippen molar-refractivity contribution >= 4 is 33.8 Å². The topological polar surface area (TPSA) is 46.4 Å². The molecule has 0 atom stereocenters. The number of imidazole rings is 1. The maximum atomic E-state index is 12.3. The number of thiazole rings is 1. The van der Waals surface area contributed by atoms with Gasteiger partial charge >= 0.3 is 0 Å². The van der Waals surface area contributed by atoms with Crippen LogP contribution >= 0.6 is 22.9 Å². The summed E-state index contributed by atoms with van der Waals surface area (Å²) in [6.45, 7) is 0.556. The maximum Gasteiger partial charge on any atom is 0.271 e. The highest BCUT2D eigenvalue weighted by Crippen LogP contribution is 2.28. The number of halogens is 1. The third-order valence-corrected chi connectivity index (χ3v) is 5.36. The summed E-state index contributed by atoms with van der Waals surface area (Å²) < 4.78 is 1.90. The number of hydrogen-bond donors (Lipinski definition) is 1. The average Bonchev–Trinajstić information content (AvgIpc) is 3.23. The minimum absolute atomic E-state index is 0.156. The van der Waals surface area contributed by atoms with Crippen LogP contribution in [0.15, 0.2) is 67.0 Å². The van der Waals surface area contributed by atoms with Gasteiger partial charge in [0.1, 0.15) is 5.69 Å². The van der Waals surface area contributed by atoms with Crippen molar-refractivity contribution in [2.45, 2.75) is 6.42 Å². The lowest BCUT2D eigenvalue weighted by atomic mass is 10.1. The maximum absolute atomic E-state index is 12.3. The molecule has 6 heteroatoms. The molecule has 0 aliphatic carbocycles. The SMILES string of the molecule is O=C(NCCc1ccc(Cl)cc1)c1cn2cc(-c3ccccc3)sc2n1. The number of hydrogen-bond acceptors (Lipinski definition) is 3. The highest BCUT2D eigenvalue weighted by atomic mass is 35.5. The number of nitrogens with one attached hydrogen (secondary N) is 1. The van der Waals surface area contributed by atoms with Gasteiger partial charge in [-0.15, -0.1) is 0 Å². The van der Waals surface area contributed by atoms with Crippen LogP contribution in [-0.2, 0) is 6.42 Å². The summed E-state index contributed by atoms with van der Waals surface area (Å²) in [6.07, 6.45) is 4.53. The Bertz CT molecular complexity index is 1010. The number of benzene rings is 2. The molecule has 0 saturated heterocycles. The lowest BCUT2D eigenvalue weighted by Crippen LogP contribution is -2.25. The highest BCUT2D eigenvalue weighted by molar-refractivity contribution is 7.20. The molecule has 0 radical (unpaired) electrons. The summed E-state index contributed by atoms with van der Waals surface area (Å²) in [5.74, 6) is -0.156. The number of nitrogens with zero attached hydrogens (tertiary/aromatic N) is 2. The average molecular weight is 382 g/mol. The van der Waals surface area contributed by atoms with Crippen LogP contribution in [0.25, 0.3) is 15.4 Å². The van der Waals surface area contributed by atoms with E-state index < -0.39 is 0 Å². The molecule has 1 N–H and O–H groups in total. The minimum Gasteiger partial charge on any atom is -0.350 e. The van der Waals surface area contributed by atoms with Gasteiger partial charge in [-0.2, -0.15) is 0 Å². The Morgan fingerprint density at radius 1 is 1.08 bits per heavy atom. The number of fused-ring (bicyclic) bond motifs is 1. The van der Waals surface area contributed by atoms with Crippen LogP contribution in [0, 0.1) is 0 Å². The van der Waals surface area contributed by atoms with Crippen LogP contribution in [0.2, 0.25) is 5.02 Å². The van der Waals surface area contributed by atoms with E-state index in [1.54, 1.807) is 17.5 Å². The standard InChI is InChI=1S/C20H16ClN3OS/c21-16-8-6-14(7-9-16)10-11-22-19(25)17-12-24-13-18(26-20(24)23-17)15-4-2-1-3-5-15/h1-9,12-13H,10-11H2,(H,22,25). The lowest BCUT2D eigenvalue weighted by Gasteiger charge is -2.03. The Morgan fingerprint density at radius 2 is 1.85 bits per heavy atom. The third kappa shape index (κ3) is 3.64. The van der Waals surface area contributed by atoms with Crippen LogP contribution < -0.4 is 5.32 Å².